The van der Waals surface area contributed by atoms with Gasteiger partial charge >= 0.3 is 0 Å². The van der Waals surface area contributed by atoms with Gasteiger partial charge in [0.05, 0.1) is 6.10 Å². The van der Waals surface area contributed by atoms with Crippen LogP contribution in [0.15, 0.2) is 18.2 Å². The molecule has 2 atom stereocenters. The van der Waals surface area contributed by atoms with Gasteiger partial charge in [0.15, 0.2) is 0 Å². The SMILES string of the molecule is Cc1c(N)cccc1NC(=O)CCSC(C)C(C)O. The lowest BCUT2D eigenvalue weighted by atomic mass is 10.1. The van der Waals surface area contributed by atoms with Gasteiger partial charge in [0.2, 0.25) is 5.91 Å². The Morgan fingerprint density at radius 1 is 1.47 bits per heavy atom. The Labute approximate surface area is 118 Å². The van der Waals surface area contributed by atoms with E-state index in [0.29, 0.717) is 17.9 Å². The van der Waals surface area contributed by atoms with Crippen molar-refractivity contribution in [3.8, 4) is 0 Å². The van der Waals surface area contributed by atoms with E-state index < -0.39 is 0 Å². The van der Waals surface area contributed by atoms with Gasteiger partial charge < -0.3 is 16.2 Å². The van der Waals surface area contributed by atoms with Gasteiger partial charge in [0.25, 0.3) is 0 Å². The summed E-state index contributed by atoms with van der Waals surface area (Å²) in [7, 11) is 0. The number of hydrogen-bond donors (Lipinski definition) is 3. The molecule has 1 amide bonds. The van der Waals surface area contributed by atoms with Crippen molar-refractivity contribution in [2.75, 3.05) is 16.8 Å². The van der Waals surface area contributed by atoms with Gasteiger partial charge in [0, 0.05) is 28.8 Å². The summed E-state index contributed by atoms with van der Waals surface area (Å²) in [5, 5.41) is 12.4. The van der Waals surface area contributed by atoms with Crippen molar-refractivity contribution < 1.29 is 9.90 Å². The third-order valence-electron chi connectivity index (χ3n) is 3.04. The first kappa shape index (κ1) is 15.9. The number of hydrogen-bond acceptors (Lipinski definition) is 4. The average molecular weight is 282 g/mol. The normalized spacial score (nSPS) is 13.9. The minimum absolute atomic E-state index is 0.0287. The van der Waals surface area contributed by atoms with Crippen LogP contribution in [0.4, 0.5) is 11.4 Å². The van der Waals surface area contributed by atoms with Crippen molar-refractivity contribution in [2.45, 2.75) is 38.5 Å². The molecule has 106 valence electrons. The Hall–Kier alpha value is -1.20. The van der Waals surface area contributed by atoms with Gasteiger partial charge in [-0.25, -0.2) is 0 Å². The molecule has 0 saturated heterocycles. The fourth-order valence-corrected chi connectivity index (χ4v) is 2.43. The lowest BCUT2D eigenvalue weighted by Crippen LogP contribution is -2.18. The molecule has 0 aliphatic rings. The number of nitrogens with two attached hydrogens (primary N) is 1. The van der Waals surface area contributed by atoms with E-state index in [1.807, 2.05) is 32.0 Å². The quantitative estimate of drug-likeness (QED) is 0.700. The Morgan fingerprint density at radius 2 is 2.16 bits per heavy atom. The molecular formula is C14H22N2O2S. The number of nitrogen functional groups attached to an aromatic ring is 1. The minimum Gasteiger partial charge on any atom is -0.398 e. The molecular weight excluding hydrogens is 260 g/mol. The highest BCUT2D eigenvalue weighted by atomic mass is 32.2. The fourth-order valence-electron chi connectivity index (χ4n) is 1.48. The number of nitrogens with one attached hydrogen (secondary N) is 1. The van der Waals surface area contributed by atoms with Crippen molar-refractivity contribution in [1.82, 2.24) is 0 Å². The third-order valence-corrected chi connectivity index (χ3v) is 4.40. The zero-order valence-corrected chi connectivity index (χ0v) is 12.5. The fraction of sp³-hybridized carbons (Fsp3) is 0.500. The van der Waals surface area contributed by atoms with E-state index >= 15 is 0 Å². The summed E-state index contributed by atoms with van der Waals surface area (Å²) in [5.41, 5.74) is 8.11. The molecule has 0 spiro atoms. The Morgan fingerprint density at radius 3 is 2.79 bits per heavy atom. The molecule has 19 heavy (non-hydrogen) atoms. The molecule has 4 nitrogen and oxygen atoms in total. The maximum atomic E-state index is 11.8. The number of carbonyl (C=O) groups excluding carboxylic acids is 1. The van der Waals surface area contributed by atoms with Crippen LogP contribution in [0.5, 0.6) is 0 Å². The molecule has 1 aromatic carbocycles. The van der Waals surface area contributed by atoms with Crippen molar-refractivity contribution in [2.24, 2.45) is 0 Å². The van der Waals surface area contributed by atoms with Crippen molar-refractivity contribution >= 4 is 29.0 Å². The standard InChI is InChI=1S/C14H22N2O2S/c1-9-12(15)5-4-6-13(9)16-14(18)7-8-19-11(3)10(2)17/h4-6,10-11,17H,7-8,15H2,1-3H3,(H,16,18). The summed E-state index contributed by atoms with van der Waals surface area (Å²) in [6, 6.07) is 5.47. The number of aliphatic hydroxyl groups is 1. The molecule has 4 N–H and O–H groups in total. The van der Waals surface area contributed by atoms with Crippen LogP contribution in [0.25, 0.3) is 0 Å². The molecule has 0 fully saturated rings. The number of anilines is 2. The third kappa shape index (κ3) is 5.12. The summed E-state index contributed by atoms with van der Waals surface area (Å²) < 4.78 is 0. The molecule has 2 unspecified atom stereocenters. The molecule has 0 radical (unpaired) electrons. The van der Waals surface area contributed by atoms with Gasteiger partial charge in [0.1, 0.15) is 0 Å². The maximum absolute atomic E-state index is 11.8. The number of thioether (sulfide) groups is 1. The maximum Gasteiger partial charge on any atom is 0.225 e. The number of rotatable bonds is 6. The van der Waals surface area contributed by atoms with E-state index in [-0.39, 0.29) is 17.3 Å². The van der Waals surface area contributed by atoms with E-state index in [2.05, 4.69) is 5.32 Å². The molecule has 5 heteroatoms. The Balaban J connectivity index is 2.41. The van der Waals surface area contributed by atoms with E-state index in [9.17, 15) is 9.90 Å². The predicted octanol–water partition coefficient (Wildman–Crippen LogP) is 2.41. The first-order valence-corrected chi connectivity index (χ1v) is 7.41. The summed E-state index contributed by atoms with van der Waals surface area (Å²) >= 11 is 1.60. The Bertz CT molecular complexity index is 435. The largest absolute Gasteiger partial charge is 0.398 e. The van der Waals surface area contributed by atoms with Crippen LogP contribution in [0.2, 0.25) is 0 Å². The predicted molar refractivity (Wildman–Crippen MR) is 82.4 cm³/mol. The van der Waals surface area contributed by atoms with E-state index in [1.54, 1.807) is 18.7 Å². The van der Waals surface area contributed by atoms with Crippen LogP contribution in [0.1, 0.15) is 25.8 Å². The highest BCUT2D eigenvalue weighted by Crippen LogP contribution is 2.21. The van der Waals surface area contributed by atoms with Gasteiger partial charge in [-0.3, -0.25) is 4.79 Å². The first-order valence-electron chi connectivity index (χ1n) is 6.36. The number of aliphatic hydroxyl groups excluding tert-OH is 1. The number of benzene rings is 1. The zero-order valence-electron chi connectivity index (χ0n) is 11.6. The van der Waals surface area contributed by atoms with Crippen LogP contribution >= 0.6 is 11.8 Å². The highest BCUT2D eigenvalue weighted by Gasteiger charge is 2.11. The minimum atomic E-state index is -0.357. The molecule has 0 aliphatic heterocycles. The molecule has 0 aromatic heterocycles. The highest BCUT2D eigenvalue weighted by molar-refractivity contribution is 7.99. The van der Waals surface area contributed by atoms with Gasteiger partial charge in [-0.2, -0.15) is 11.8 Å². The van der Waals surface area contributed by atoms with E-state index in [4.69, 9.17) is 5.73 Å². The molecule has 0 bridgehead atoms. The second kappa shape index (κ2) is 7.40. The van der Waals surface area contributed by atoms with Crippen LogP contribution < -0.4 is 11.1 Å². The molecule has 1 rings (SSSR count). The van der Waals surface area contributed by atoms with E-state index in [0.717, 1.165) is 11.3 Å². The molecule has 0 heterocycles. The molecule has 1 aromatic rings. The second-order valence-electron chi connectivity index (χ2n) is 4.63. The van der Waals surface area contributed by atoms with Crippen molar-refractivity contribution in [3.05, 3.63) is 23.8 Å². The lowest BCUT2D eigenvalue weighted by Gasteiger charge is -2.14. The second-order valence-corrected chi connectivity index (χ2v) is 6.12. The van der Waals surface area contributed by atoms with Crippen LogP contribution in [-0.4, -0.2) is 28.1 Å². The smallest absolute Gasteiger partial charge is 0.225 e. The van der Waals surface area contributed by atoms with Gasteiger partial charge in [-0.15, -0.1) is 0 Å². The molecule has 0 saturated carbocycles. The van der Waals surface area contributed by atoms with Crippen molar-refractivity contribution in [3.63, 3.8) is 0 Å². The van der Waals surface area contributed by atoms with Gasteiger partial charge in [-0.1, -0.05) is 13.0 Å². The number of carbonyl (C=O) groups is 1. The van der Waals surface area contributed by atoms with E-state index in [1.165, 1.54) is 0 Å². The summed E-state index contributed by atoms with van der Waals surface area (Å²) in [5.74, 6) is 0.665. The monoisotopic (exact) mass is 282 g/mol. The van der Waals surface area contributed by atoms with Gasteiger partial charge in [-0.05, 0) is 31.5 Å². The molecule has 0 aliphatic carbocycles. The van der Waals surface area contributed by atoms with Crippen LogP contribution in [-0.2, 0) is 4.79 Å². The van der Waals surface area contributed by atoms with Crippen LogP contribution in [0, 0.1) is 6.92 Å². The van der Waals surface area contributed by atoms with Crippen molar-refractivity contribution in [1.29, 1.82) is 0 Å². The summed E-state index contributed by atoms with van der Waals surface area (Å²) in [4.78, 5) is 11.8. The summed E-state index contributed by atoms with van der Waals surface area (Å²) in [6.07, 6.45) is 0.0694. The first-order chi connectivity index (χ1) is 8.91. The lowest BCUT2D eigenvalue weighted by molar-refractivity contribution is -0.115. The Kier molecular flexibility index (Phi) is 6.18. The topological polar surface area (TPSA) is 75.3 Å². The number of amides is 1. The summed E-state index contributed by atoms with van der Waals surface area (Å²) in [6.45, 7) is 5.60. The van der Waals surface area contributed by atoms with Crippen LogP contribution in [0.3, 0.4) is 0 Å². The zero-order chi connectivity index (χ0) is 14.4. The average Bonchev–Trinajstić information content (AvgIpc) is 2.34.